The Hall–Kier alpha value is -0.130. The van der Waals surface area contributed by atoms with Gasteiger partial charge in [0.05, 0.1) is 6.10 Å². The van der Waals surface area contributed by atoms with Gasteiger partial charge in [0.2, 0.25) is 0 Å². The van der Waals surface area contributed by atoms with Crippen molar-refractivity contribution in [2.75, 3.05) is 13.2 Å². The molecule has 1 aliphatic rings. The second kappa shape index (κ2) is 9.00. The molecule has 1 heterocycles. The second-order valence-electron chi connectivity index (χ2n) is 5.59. The first-order chi connectivity index (χ1) is 9.81. The van der Waals surface area contributed by atoms with Gasteiger partial charge in [-0.1, -0.05) is 25.1 Å². The Morgan fingerprint density at radius 2 is 2.25 bits per heavy atom. The molecule has 2 nitrogen and oxygen atoms in total. The third-order valence-corrected chi connectivity index (χ3v) is 4.95. The number of hydrogen-bond acceptors (Lipinski definition) is 2. The zero-order valence-electron chi connectivity index (χ0n) is 12.4. The van der Waals surface area contributed by atoms with Gasteiger partial charge in [0.25, 0.3) is 0 Å². The summed E-state index contributed by atoms with van der Waals surface area (Å²) in [5.41, 5.74) is 1.45. The van der Waals surface area contributed by atoms with Crippen molar-refractivity contribution in [3.8, 4) is 0 Å². The van der Waals surface area contributed by atoms with Crippen molar-refractivity contribution in [3.05, 3.63) is 33.4 Å². The number of benzene rings is 1. The molecule has 0 spiro atoms. The molecular formula is C17H26INO. The summed E-state index contributed by atoms with van der Waals surface area (Å²) in [6.07, 6.45) is 7.89. The van der Waals surface area contributed by atoms with Crippen LogP contribution in [-0.2, 0) is 4.74 Å². The highest BCUT2D eigenvalue weighted by Gasteiger charge is 2.17. The second-order valence-corrected chi connectivity index (χ2v) is 6.76. The molecule has 1 aromatic carbocycles. The Labute approximate surface area is 136 Å². The van der Waals surface area contributed by atoms with E-state index in [1.807, 2.05) is 0 Å². The lowest BCUT2D eigenvalue weighted by molar-refractivity contribution is 0.101. The summed E-state index contributed by atoms with van der Waals surface area (Å²) in [6.45, 7) is 4.29. The van der Waals surface area contributed by atoms with E-state index in [1.54, 1.807) is 0 Å². The monoisotopic (exact) mass is 387 g/mol. The van der Waals surface area contributed by atoms with Gasteiger partial charge in [-0.15, -0.1) is 0 Å². The van der Waals surface area contributed by atoms with Crippen LogP contribution in [0.5, 0.6) is 0 Å². The summed E-state index contributed by atoms with van der Waals surface area (Å²) in [5.74, 6) is 0. The lowest BCUT2D eigenvalue weighted by atomic mass is 9.99. The van der Waals surface area contributed by atoms with E-state index in [0.717, 1.165) is 13.2 Å². The normalized spacial score (nSPS) is 20.2. The van der Waals surface area contributed by atoms with E-state index in [1.165, 1.54) is 47.7 Å². The van der Waals surface area contributed by atoms with Gasteiger partial charge in [-0.2, -0.15) is 0 Å². The average Bonchev–Trinajstić information content (AvgIpc) is 2.97. The highest BCUT2D eigenvalue weighted by atomic mass is 127. The lowest BCUT2D eigenvalue weighted by Gasteiger charge is -2.21. The van der Waals surface area contributed by atoms with Crippen LogP contribution in [0.25, 0.3) is 0 Å². The summed E-state index contributed by atoms with van der Waals surface area (Å²) in [5, 5.41) is 3.71. The van der Waals surface area contributed by atoms with Crippen molar-refractivity contribution in [2.24, 2.45) is 0 Å². The first-order valence-electron chi connectivity index (χ1n) is 7.90. The highest BCUT2D eigenvalue weighted by Crippen LogP contribution is 2.26. The predicted molar refractivity (Wildman–Crippen MR) is 93.0 cm³/mol. The molecule has 0 bridgehead atoms. The standard InChI is InChI=1S/C17H26INO/c1-2-12-19-17(15-9-3-4-10-16(15)18)11-5-7-14-8-6-13-20-14/h3-4,9-10,14,17,19H,2,5-8,11-13H2,1H3. The molecule has 2 atom stereocenters. The molecule has 1 aromatic rings. The van der Waals surface area contributed by atoms with E-state index in [-0.39, 0.29) is 0 Å². The smallest absolute Gasteiger partial charge is 0.0576 e. The van der Waals surface area contributed by atoms with Gasteiger partial charge in [0.15, 0.2) is 0 Å². The maximum Gasteiger partial charge on any atom is 0.0576 e. The van der Waals surface area contributed by atoms with Crippen LogP contribution in [0.2, 0.25) is 0 Å². The molecular weight excluding hydrogens is 361 g/mol. The molecule has 2 rings (SSSR count). The SMILES string of the molecule is CCCNC(CCCC1CCCO1)c1ccccc1I. The summed E-state index contributed by atoms with van der Waals surface area (Å²) in [7, 11) is 0. The molecule has 3 heteroatoms. The molecule has 1 saturated heterocycles. The molecule has 0 aliphatic carbocycles. The Morgan fingerprint density at radius 3 is 2.95 bits per heavy atom. The number of hydrogen-bond donors (Lipinski definition) is 1. The minimum atomic E-state index is 0.490. The lowest BCUT2D eigenvalue weighted by Crippen LogP contribution is -2.23. The highest BCUT2D eigenvalue weighted by molar-refractivity contribution is 14.1. The van der Waals surface area contributed by atoms with Crippen LogP contribution >= 0.6 is 22.6 Å². The van der Waals surface area contributed by atoms with E-state index in [0.29, 0.717) is 12.1 Å². The topological polar surface area (TPSA) is 21.3 Å². The van der Waals surface area contributed by atoms with Crippen molar-refractivity contribution in [3.63, 3.8) is 0 Å². The number of ether oxygens (including phenoxy) is 1. The zero-order chi connectivity index (χ0) is 14.2. The fraction of sp³-hybridized carbons (Fsp3) is 0.647. The zero-order valence-corrected chi connectivity index (χ0v) is 14.6. The average molecular weight is 387 g/mol. The van der Waals surface area contributed by atoms with Crippen LogP contribution in [0.15, 0.2) is 24.3 Å². The first kappa shape index (κ1) is 16.2. The Kier molecular flexibility index (Phi) is 7.31. The Bertz CT molecular complexity index is 390. The Morgan fingerprint density at radius 1 is 1.40 bits per heavy atom. The van der Waals surface area contributed by atoms with Crippen LogP contribution in [0.1, 0.15) is 57.1 Å². The van der Waals surface area contributed by atoms with Gasteiger partial charge in [0.1, 0.15) is 0 Å². The van der Waals surface area contributed by atoms with Crippen molar-refractivity contribution in [1.29, 1.82) is 0 Å². The van der Waals surface area contributed by atoms with Gasteiger partial charge in [-0.3, -0.25) is 0 Å². The number of rotatable bonds is 8. The summed E-state index contributed by atoms with van der Waals surface area (Å²) >= 11 is 2.45. The number of halogens is 1. The number of nitrogens with one attached hydrogen (secondary N) is 1. The van der Waals surface area contributed by atoms with E-state index in [4.69, 9.17) is 4.74 Å². The van der Waals surface area contributed by atoms with Crippen LogP contribution in [-0.4, -0.2) is 19.3 Å². The molecule has 2 unspecified atom stereocenters. The molecule has 112 valence electrons. The van der Waals surface area contributed by atoms with Crippen molar-refractivity contribution < 1.29 is 4.74 Å². The minimum Gasteiger partial charge on any atom is -0.378 e. The molecule has 0 radical (unpaired) electrons. The van der Waals surface area contributed by atoms with E-state index in [9.17, 15) is 0 Å². The van der Waals surface area contributed by atoms with Crippen molar-refractivity contribution in [2.45, 2.75) is 57.6 Å². The first-order valence-corrected chi connectivity index (χ1v) is 8.98. The third-order valence-electron chi connectivity index (χ3n) is 3.96. The maximum absolute atomic E-state index is 5.72. The summed E-state index contributed by atoms with van der Waals surface area (Å²) in [6, 6.07) is 9.23. The largest absolute Gasteiger partial charge is 0.378 e. The Balaban J connectivity index is 1.87. The van der Waals surface area contributed by atoms with Crippen LogP contribution in [0.4, 0.5) is 0 Å². The molecule has 0 saturated carbocycles. The van der Waals surface area contributed by atoms with E-state index >= 15 is 0 Å². The summed E-state index contributed by atoms with van der Waals surface area (Å²) in [4.78, 5) is 0. The molecule has 1 fully saturated rings. The molecule has 1 N–H and O–H groups in total. The predicted octanol–water partition coefficient (Wildman–Crippen LogP) is 4.68. The molecule has 0 aromatic heterocycles. The van der Waals surface area contributed by atoms with E-state index in [2.05, 4.69) is 59.1 Å². The molecule has 0 amide bonds. The fourth-order valence-electron chi connectivity index (χ4n) is 2.87. The van der Waals surface area contributed by atoms with Gasteiger partial charge < -0.3 is 10.1 Å². The van der Waals surface area contributed by atoms with Crippen LogP contribution in [0, 0.1) is 3.57 Å². The molecule has 1 aliphatic heterocycles. The van der Waals surface area contributed by atoms with Crippen molar-refractivity contribution >= 4 is 22.6 Å². The quantitative estimate of drug-likeness (QED) is 0.654. The molecule has 20 heavy (non-hydrogen) atoms. The summed E-state index contributed by atoms with van der Waals surface area (Å²) < 4.78 is 7.09. The van der Waals surface area contributed by atoms with Crippen molar-refractivity contribution in [1.82, 2.24) is 5.32 Å². The third kappa shape index (κ3) is 5.01. The van der Waals surface area contributed by atoms with Gasteiger partial charge in [-0.05, 0) is 79.3 Å². The van der Waals surface area contributed by atoms with Crippen LogP contribution < -0.4 is 5.32 Å². The van der Waals surface area contributed by atoms with E-state index < -0.39 is 0 Å². The van der Waals surface area contributed by atoms with Crippen LogP contribution in [0.3, 0.4) is 0 Å². The van der Waals surface area contributed by atoms with Gasteiger partial charge >= 0.3 is 0 Å². The van der Waals surface area contributed by atoms with Gasteiger partial charge in [-0.25, -0.2) is 0 Å². The van der Waals surface area contributed by atoms with Gasteiger partial charge in [0, 0.05) is 16.2 Å². The minimum absolute atomic E-state index is 0.490. The fourth-order valence-corrected chi connectivity index (χ4v) is 3.63. The maximum atomic E-state index is 5.72.